The van der Waals surface area contributed by atoms with E-state index in [1.54, 1.807) is 6.92 Å². The Bertz CT molecular complexity index is 658. The molecule has 0 amide bonds. The Morgan fingerprint density at radius 2 is 1.96 bits per heavy atom. The van der Waals surface area contributed by atoms with E-state index in [1.165, 1.54) is 23.9 Å². The van der Waals surface area contributed by atoms with Crippen molar-refractivity contribution in [2.45, 2.75) is 30.6 Å². The Morgan fingerprint density at radius 1 is 1.26 bits per heavy atom. The van der Waals surface area contributed by atoms with E-state index in [2.05, 4.69) is 15.5 Å². The fourth-order valence-electron chi connectivity index (χ4n) is 1.93. The number of halogens is 4. The highest BCUT2D eigenvalue weighted by atomic mass is 35.5. The van der Waals surface area contributed by atoms with E-state index in [4.69, 9.17) is 0 Å². The molecule has 0 radical (unpaired) electrons. The summed E-state index contributed by atoms with van der Waals surface area (Å²) >= 11 is 1.37. The summed E-state index contributed by atoms with van der Waals surface area (Å²) in [6, 6.07) is 3.81. The van der Waals surface area contributed by atoms with Crippen LogP contribution in [-0.2, 0) is 25.5 Å². The topological polar surface area (TPSA) is 42.7 Å². The molecule has 128 valence electrons. The molecule has 1 N–H and O–H groups in total. The number of aryl methyl sites for hydroxylation is 1. The number of thioether (sulfide) groups is 1. The maximum atomic E-state index is 12.8. The van der Waals surface area contributed by atoms with Crippen molar-refractivity contribution in [3.05, 3.63) is 40.7 Å². The van der Waals surface area contributed by atoms with Gasteiger partial charge in [-0.25, -0.2) is 0 Å². The average Bonchev–Trinajstić information content (AvgIpc) is 2.78. The summed E-state index contributed by atoms with van der Waals surface area (Å²) < 4.78 is 40.2. The normalized spacial score (nSPS) is 11.4. The van der Waals surface area contributed by atoms with E-state index in [1.807, 2.05) is 18.7 Å². The molecule has 0 fully saturated rings. The molecule has 1 heterocycles. The van der Waals surface area contributed by atoms with E-state index >= 15 is 0 Å². The van der Waals surface area contributed by atoms with Crippen LogP contribution >= 0.6 is 24.2 Å². The molecule has 0 saturated carbocycles. The fraction of sp³-hybridized carbons (Fsp3) is 0.429. The molecule has 0 saturated heterocycles. The van der Waals surface area contributed by atoms with Gasteiger partial charge in [0.2, 0.25) is 0 Å². The average molecular weight is 367 g/mol. The molecule has 2 aromatic rings. The number of aromatic nitrogens is 3. The summed E-state index contributed by atoms with van der Waals surface area (Å²) in [6.07, 6.45) is -4.32. The van der Waals surface area contributed by atoms with Gasteiger partial charge in [-0.2, -0.15) is 13.2 Å². The van der Waals surface area contributed by atoms with Crippen LogP contribution in [0.15, 0.2) is 23.4 Å². The van der Waals surface area contributed by atoms with Gasteiger partial charge in [0, 0.05) is 12.8 Å². The van der Waals surface area contributed by atoms with Crippen molar-refractivity contribution >= 4 is 24.2 Å². The molecule has 0 spiro atoms. The molecule has 1 aromatic carbocycles. The summed E-state index contributed by atoms with van der Waals surface area (Å²) in [7, 11) is 3.65. The van der Waals surface area contributed by atoms with E-state index in [0.29, 0.717) is 23.0 Å². The van der Waals surface area contributed by atoms with Crippen LogP contribution in [0.2, 0.25) is 0 Å². The molecule has 0 aliphatic rings. The molecule has 0 bridgehead atoms. The van der Waals surface area contributed by atoms with Crippen molar-refractivity contribution in [1.29, 1.82) is 0 Å². The molecular weight excluding hydrogens is 349 g/mol. The SMILES string of the molecule is CNCc1nnc(SCc2cc(C(F)(F)F)ccc2C)n1C.Cl. The number of hydrogen-bond donors (Lipinski definition) is 1. The van der Waals surface area contributed by atoms with Gasteiger partial charge in [-0.1, -0.05) is 17.8 Å². The minimum absolute atomic E-state index is 0. The lowest BCUT2D eigenvalue weighted by Crippen LogP contribution is -2.10. The molecule has 2 rings (SSSR count). The first-order valence-corrected chi connectivity index (χ1v) is 7.64. The molecular formula is C14H18ClF3N4S. The van der Waals surface area contributed by atoms with Gasteiger partial charge in [-0.05, 0) is 37.2 Å². The van der Waals surface area contributed by atoms with Crippen LogP contribution < -0.4 is 5.32 Å². The second-order valence-electron chi connectivity index (χ2n) is 4.92. The van der Waals surface area contributed by atoms with E-state index in [9.17, 15) is 13.2 Å². The Morgan fingerprint density at radius 3 is 2.57 bits per heavy atom. The van der Waals surface area contributed by atoms with Crippen LogP contribution in [0.5, 0.6) is 0 Å². The molecule has 0 unspecified atom stereocenters. The van der Waals surface area contributed by atoms with Gasteiger partial charge in [0.05, 0.1) is 12.1 Å². The summed E-state index contributed by atoms with van der Waals surface area (Å²) in [5.41, 5.74) is 0.860. The highest BCUT2D eigenvalue weighted by molar-refractivity contribution is 7.98. The van der Waals surface area contributed by atoms with Crippen LogP contribution in [0.3, 0.4) is 0 Å². The Kier molecular flexibility index (Phi) is 6.91. The lowest BCUT2D eigenvalue weighted by molar-refractivity contribution is -0.137. The Hall–Kier alpha value is -1.25. The number of hydrogen-bond acceptors (Lipinski definition) is 4. The zero-order chi connectivity index (χ0) is 16.3. The Balaban J connectivity index is 0.00000264. The van der Waals surface area contributed by atoms with Crippen LogP contribution in [-0.4, -0.2) is 21.8 Å². The lowest BCUT2D eigenvalue weighted by Gasteiger charge is -2.11. The highest BCUT2D eigenvalue weighted by Crippen LogP contribution is 2.32. The van der Waals surface area contributed by atoms with Crippen molar-refractivity contribution in [2.24, 2.45) is 7.05 Å². The maximum absolute atomic E-state index is 12.8. The Labute approximate surface area is 143 Å². The predicted molar refractivity (Wildman–Crippen MR) is 86.8 cm³/mol. The summed E-state index contributed by atoms with van der Waals surface area (Å²) in [5.74, 6) is 1.20. The molecule has 0 aliphatic heterocycles. The molecule has 0 atom stereocenters. The molecule has 1 aromatic heterocycles. The highest BCUT2D eigenvalue weighted by Gasteiger charge is 2.30. The third-order valence-electron chi connectivity index (χ3n) is 3.29. The first-order chi connectivity index (χ1) is 10.3. The van der Waals surface area contributed by atoms with Crippen LogP contribution in [0.4, 0.5) is 13.2 Å². The standard InChI is InChI=1S/C14H17F3N4S.ClH/c1-9-4-5-11(14(15,16)17)6-10(9)8-22-13-20-19-12(7-18-2)21(13)3;/h4-6,18H,7-8H2,1-3H3;1H. The van der Waals surface area contributed by atoms with Crippen molar-refractivity contribution < 1.29 is 13.2 Å². The van der Waals surface area contributed by atoms with Gasteiger partial charge in [-0.3, -0.25) is 0 Å². The third kappa shape index (κ3) is 4.86. The summed E-state index contributed by atoms with van der Waals surface area (Å²) in [4.78, 5) is 0. The minimum Gasteiger partial charge on any atom is -0.313 e. The molecule has 4 nitrogen and oxygen atoms in total. The largest absolute Gasteiger partial charge is 0.416 e. The summed E-state index contributed by atoms with van der Waals surface area (Å²) in [5, 5.41) is 11.8. The second kappa shape index (κ2) is 8.03. The van der Waals surface area contributed by atoms with Crippen molar-refractivity contribution in [3.8, 4) is 0 Å². The number of nitrogens with one attached hydrogen (secondary N) is 1. The van der Waals surface area contributed by atoms with E-state index in [0.717, 1.165) is 17.5 Å². The zero-order valence-electron chi connectivity index (χ0n) is 12.9. The molecule has 0 aliphatic carbocycles. The quantitative estimate of drug-likeness (QED) is 0.821. The van der Waals surface area contributed by atoms with Crippen LogP contribution in [0.25, 0.3) is 0 Å². The first-order valence-electron chi connectivity index (χ1n) is 6.65. The van der Waals surface area contributed by atoms with E-state index < -0.39 is 11.7 Å². The predicted octanol–water partition coefficient (Wildman–Crippen LogP) is 3.58. The van der Waals surface area contributed by atoms with Crippen LogP contribution in [0, 0.1) is 6.92 Å². The maximum Gasteiger partial charge on any atom is 0.416 e. The van der Waals surface area contributed by atoms with Crippen LogP contribution in [0.1, 0.15) is 22.5 Å². The van der Waals surface area contributed by atoms with Gasteiger partial charge >= 0.3 is 6.18 Å². The lowest BCUT2D eigenvalue weighted by atomic mass is 10.1. The van der Waals surface area contributed by atoms with Gasteiger partial charge < -0.3 is 9.88 Å². The summed E-state index contributed by atoms with van der Waals surface area (Å²) in [6.45, 7) is 2.39. The van der Waals surface area contributed by atoms with Gasteiger partial charge in [0.25, 0.3) is 0 Å². The van der Waals surface area contributed by atoms with Gasteiger partial charge in [0.1, 0.15) is 5.82 Å². The van der Waals surface area contributed by atoms with Gasteiger partial charge in [0.15, 0.2) is 5.16 Å². The zero-order valence-corrected chi connectivity index (χ0v) is 14.6. The molecule has 23 heavy (non-hydrogen) atoms. The number of nitrogens with zero attached hydrogens (tertiary/aromatic N) is 3. The first kappa shape index (κ1) is 19.8. The van der Waals surface area contributed by atoms with Crippen molar-refractivity contribution in [1.82, 2.24) is 20.1 Å². The number of alkyl halides is 3. The monoisotopic (exact) mass is 366 g/mol. The minimum atomic E-state index is -4.32. The molecule has 9 heteroatoms. The number of rotatable bonds is 5. The fourth-order valence-corrected chi connectivity index (χ4v) is 2.92. The van der Waals surface area contributed by atoms with Gasteiger partial charge in [-0.15, -0.1) is 22.6 Å². The smallest absolute Gasteiger partial charge is 0.313 e. The third-order valence-corrected chi connectivity index (χ3v) is 4.36. The van der Waals surface area contributed by atoms with E-state index in [-0.39, 0.29) is 12.4 Å². The van der Waals surface area contributed by atoms with Crippen molar-refractivity contribution in [2.75, 3.05) is 7.05 Å². The second-order valence-corrected chi connectivity index (χ2v) is 5.86. The number of benzene rings is 1. The van der Waals surface area contributed by atoms with Crippen molar-refractivity contribution in [3.63, 3.8) is 0 Å².